The second-order valence-corrected chi connectivity index (χ2v) is 2.65. The molecular formula is C7H4ClF2NS. The highest BCUT2D eigenvalue weighted by Gasteiger charge is 2.13. The fourth-order valence-corrected chi connectivity index (χ4v) is 1.09. The fourth-order valence-electron chi connectivity index (χ4n) is 0.735. The van der Waals surface area contributed by atoms with E-state index in [2.05, 4.69) is 17.2 Å². The lowest BCUT2D eigenvalue weighted by atomic mass is 10.2. The maximum absolute atomic E-state index is 12.2. The Morgan fingerprint density at radius 1 is 1.50 bits per heavy atom. The first-order valence-electron chi connectivity index (χ1n) is 3.05. The van der Waals surface area contributed by atoms with Crippen LogP contribution in [0.25, 0.3) is 0 Å². The van der Waals surface area contributed by atoms with E-state index < -0.39 is 6.43 Å². The van der Waals surface area contributed by atoms with Gasteiger partial charge in [-0.2, -0.15) is 0 Å². The molecule has 0 spiro atoms. The molecule has 0 N–H and O–H groups in total. The zero-order chi connectivity index (χ0) is 9.14. The molecule has 0 aliphatic carbocycles. The maximum atomic E-state index is 12.2. The lowest BCUT2D eigenvalue weighted by molar-refractivity contribution is 0.146. The maximum Gasteiger partial charge on any atom is 0.281 e. The van der Waals surface area contributed by atoms with Gasteiger partial charge in [0.25, 0.3) is 6.43 Å². The van der Waals surface area contributed by atoms with Crippen LogP contribution >= 0.6 is 23.8 Å². The molecule has 1 heterocycles. The number of rotatable bonds is 2. The van der Waals surface area contributed by atoms with E-state index in [-0.39, 0.29) is 16.4 Å². The molecule has 0 atom stereocenters. The van der Waals surface area contributed by atoms with Crippen LogP contribution in [-0.4, -0.2) is 10.4 Å². The van der Waals surface area contributed by atoms with Crippen molar-refractivity contribution in [2.45, 2.75) is 6.43 Å². The lowest BCUT2D eigenvalue weighted by Crippen LogP contribution is -1.96. The summed E-state index contributed by atoms with van der Waals surface area (Å²) >= 11 is 9.95. The normalized spacial score (nSPS) is 10.3. The van der Waals surface area contributed by atoms with E-state index in [0.717, 1.165) is 5.37 Å². The molecule has 0 saturated heterocycles. The van der Waals surface area contributed by atoms with Gasteiger partial charge < -0.3 is 0 Å². The van der Waals surface area contributed by atoms with Crippen molar-refractivity contribution in [3.8, 4) is 0 Å². The summed E-state index contributed by atoms with van der Waals surface area (Å²) < 4.78 is 24.4. The minimum Gasteiger partial charge on any atom is -0.234 e. The number of nitrogens with zero attached hydrogens (tertiary/aromatic N) is 1. The molecule has 0 amide bonds. The molecule has 0 bridgehead atoms. The summed E-state index contributed by atoms with van der Waals surface area (Å²) in [5.41, 5.74) is -0.123. The third-order valence-electron chi connectivity index (χ3n) is 1.26. The Kier molecular flexibility index (Phi) is 3.05. The first kappa shape index (κ1) is 9.48. The van der Waals surface area contributed by atoms with Gasteiger partial charge >= 0.3 is 0 Å². The van der Waals surface area contributed by atoms with Gasteiger partial charge in [-0.1, -0.05) is 23.8 Å². The molecule has 0 aliphatic rings. The van der Waals surface area contributed by atoms with Crippen molar-refractivity contribution >= 4 is 29.2 Å². The highest BCUT2D eigenvalue weighted by molar-refractivity contribution is 7.79. The molecule has 0 saturated carbocycles. The third kappa shape index (κ3) is 1.95. The van der Waals surface area contributed by atoms with Crippen molar-refractivity contribution in [1.82, 2.24) is 4.98 Å². The van der Waals surface area contributed by atoms with Crippen molar-refractivity contribution in [3.63, 3.8) is 0 Å². The molecule has 64 valence electrons. The average Bonchev–Trinajstić information content (AvgIpc) is 2.04. The Balaban J connectivity index is 3.21. The number of hydrogen-bond donors (Lipinski definition) is 0. The first-order chi connectivity index (χ1) is 5.65. The largest absolute Gasteiger partial charge is 0.281 e. The van der Waals surface area contributed by atoms with Crippen LogP contribution < -0.4 is 0 Å². The standard InChI is InChI=1S/C7H4ClF2NS/c8-5-2-1-4(3-12)6(11-5)7(9)10/h1-3,7H. The molecule has 0 fully saturated rings. The van der Waals surface area contributed by atoms with E-state index in [0.29, 0.717) is 0 Å². The van der Waals surface area contributed by atoms with Crippen molar-refractivity contribution in [2.75, 3.05) is 0 Å². The zero-order valence-corrected chi connectivity index (χ0v) is 7.37. The van der Waals surface area contributed by atoms with Crippen LogP contribution in [-0.2, 0) is 0 Å². The predicted molar refractivity (Wildman–Crippen MR) is 47.0 cm³/mol. The van der Waals surface area contributed by atoms with Crippen molar-refractivity contribution < 1.29 is 8.78 Å². The van der Waals surface area contributed by atoms with Gasteiger partial charge in [-0.05, 0) is 12.1 Å². The summed E-state index contributed by atoms with van der Waals surface area (Å²) in [7, 11) is 0. The van der Waals surface area contributed by atoms with Crippen LogP contribution in [0.15, 0.2) is 12.1 Å². The summed E-state index contributed by atoms with van der Waals surface area (Å²) in [5, 5.41) is 1.20. The molecule has 1 aromatic rings. The van der Waals surface area contributed by atoms with Crippen LogP contribution in [0.4, 0.5) is 8.78 Å². The molecule has 0 radical (unpaired) electrons. The van der Waals surface area contributed by atoms with Gasteiger partial charge in [0.1, 0.15) is 10.8 Å². The molecule has 5 heteroatoms. The summed E-state index contributed by atoms with van der Waals surface area (Å²) in [5.74, 6) is 0. The van der Waals surface area contributed by atoms with E-state index >= 15 is 0 Å². The minimum atomic E-state index is -2.64. The Morgan fingerprint density at radius 2 is 2.17 bits per heavy atom. The molecular weight excluding hydrogens is 204 g/mol. The SMILES string of the molecule is FC(F)c1nc(Cl)ccc1C=S. The van der Waals surface area contributed by atoms with Gasteiger partial charge in [0.05, 0.1) is 0 Å². The molecule has 1 rings (SSSR count). The van der Waals surface area contributed by atoms with Gasteiger partial charge in [-0.15, -0.1) is 0 Å². The van der Waals surface area contributed by atoms with Crippen molar-refractivity contribution in [3.05, 3.63) is 28.5 Å². The smallest absolute Gasteiger partial charge is 0.234 e. The molecule has 0 aliphatic heterocycles. The zero-order valence-electron chi connectivity index (χ0n) is 5.80. The highest BCUT2D eigenvalue weighted by Crippen LogP contribution is 2.21. The molecule has 1 aromatic heterocycles. The van der Waals surface area contributed by atoms with E-state index in [1.54, 1.807) is 0 Å². The Morgan fingerprint density at radius 3 is 2.67 bits per heavy atom. The van der Waals surface area contributed by atoms with E-state index in [1.807, 2.05) is 0 Å². The first-order valence-corrected chi connectivity index (χ1v) is 3.90. The summed E-state index contributed by atoms with van der Waals surface area (Å²) in [4.78, 5) is 3.46. The van der Waals surface area contributed by atoms with E-state index in [4.69, 9.17) is 11.6 Å². The van der Waals surface area contributed by atoms with Crippen molar-refractivity contribution in [2.24, 2.45) is 0 Å². The third-order valence-corrected chi connectivity index (χ3v) is 1.72. The van der Waals surface area contributed by atoms with Crippen LogP contribution in [0.5, 0.6) is 0 Å². The van der Waals surface area contributed by atoms with Crippen LogP contribution in [0.2, 0.25) is 5.15 Å². The Labute approximate surface area is 78.4 Å². The molecule has 0 aromatic carbocycles. The van der Waals surface area contributed by atoms with Crippen LogP contribution in [0, 0.1) is 0 Å². The molecule has 12 heavy (non-hydrogen) atoms. The summed E-state index contributed by atoms with van der Waals surface area (Å²) in [6.07, 6.45) is -2.64. The highest BCUT2D eigenvalue weighted by atomic mass is 35.5. The van der Waals surface area contributed by atoms with Gasteiger partial charge in [-0.25, -0.2) is 13.8 Å². The summed E-state index contributed by atoms with van der Waals surface area (Å²) in [6, 6.07) is 2.84. The molecule has 1 nitrogen and oxygen atoms in total. The fraction of sp³-hybridized carbons (Fsp3) is 0.143. The Bertz CT molecular complexity index is 303. The van der Waals surface area contributed by atoms with Gasteiger partial charge in [0, 0.05) is 10.9 Å². The number of pyridine rings is 1. The Hall–Kier alpha value is -0.610. The number of hydrogen-bond acceptors (Lipinski definition) is 2. The van der Waals surface area contributed by atoms with E-state index in [9.17, 15) is 8.78 Å². The number of aromatic nitrogens is 1. The number of alkyl halides is 2. The number of halogens is 3. The van der Waals surface area contributed by atoms with Crippen molar-refractivity contribution in [1.29, 1.82) is 0 Å². The van der Waals surface area contributed by atoms with Gasteiger partial charge in [0.15, 0.2) is 0 Å². The monoisotopic (exact) mass is 207 g/mol. The van der Waals surface area contributed by atoms with Gasteiger partial charge in [-0.3, -0.25) is 0 Å². The topological polar surface area (TPSA) is 12.9 Å². The number of thiocarbonyl (C=S) groups is 1. The van der Waals surface area contributed by atoms with Gasteiger partial charge in [0.2, 0.25) is 0 Å². The molecule has 0 unspecified atom stereocenters. The average molecular weight is 208 g/mol. The lowest BCUT2D eigenvalue weighted by Gasteiger charge is -2.02. The second-order valence-electron chi connectivity index (χ2n) is 2.03. The predicted octanol–water partition coefficient (Wildman–Crippen LogP) is 3.02. The second kappa shape index (κ2) is 3.87. The summed E-state index contributed by atoms with van der Waals surface area (Å²) in [6.45, 7) is 0. The minimum absolute atomic E-state index is 0.0471. The van der Waals surface area contributed by atoms with Crippen LogP contribution in [0.1, 0.15) is 17.7 Å². The quantitative estimate of drug-likeness (QED) is 0.546. The van der Waals surface area contributed by atoms with Crippen LogP contribution in [0.3, 0.4) is 0 Å². The van der Waals surface area contributed by atoms with E-state index in [1.165, 1.54) is 12.1 Å².